The smallest absolute Gasteiger partial charge is 0.329 e. The molecule has 0 saturated carbocycles. The third-order valence-corrected chi connectivity index (χ3v) is 19.0. The van der Waals surface area contributed by atoms with Crippen molar-refractivity contribution in [1.82, 2.24) is 62.7 Å². The molecule has 8 rings (SSSR count). The van der Waals surface area contributed by atoms with Gasteiger partial charge in [-0.2, -0.15) is 10.2 Å². The van der Waals surface area contributed by atoms with Crippen LogP contribution in [0, 0.1) is 11.8 Å². The first-order chi connectivity index (χ1) is 55.2. The molecule has 0 radical (unpaired) electrons. The monoisotopic (exact) mass is 1740 g/mol. The number of hydrogen-bond acceptors (Lipinski definition) is 13. The van der Waals surface area contributed by atoms with Gasteiger partial charge in [-0.05, 0) is 122 Å². The summed E-state index contributed by atoms with van der Waals surface area (Å²) in [4.78, 5) is 111. The second kappa shape index (κ2) is 44.8. The van der Waals surface area contributed by atoms with E-state index in [1.807, 2.05) is 98.6 Å². The second-order valence-corrected chi connectivity index (χ2v) is 48.9. The number of aromatic amines is 2. The summed E-state index contributed by atoms with van der Waals surface area (Å²) >= 11 is 0. The molecule has 21 nitrogen and oxygen atoms in total. The van der Waals surface area contributed by atoms with Crippen LogP contribution in [-0.2, 0) is 111 Å². The summed E-state index contributed by atoms with van der Waals surface area (Å²) in [5.74, 6) is 1.67. The average molecular weight is 1740 g/mol. The zero-order valence-corrected chi connectivity index (χ0v) is 88.9. The van der Waals surface area contributed by atoms with Crippen LogP contribution in [0.4, 0.5) is 0 Å². The topological polar surface area (TPSA) is 262 Å². The molecule has 0 saturated heterocycles. The Labute approximate surface area is 755 Å². The van der Waals surface area contributed by atoms with Crippen molar-refractivity contribution in [3.63, 3.8) is 0 Å². The third kappa shape index (κ3) is 41.7. The molecule has 0 fully saturated rings. The fourth-order valence-electron chi connectivity index (χ4n) is 10.7. The van der Waals surface area contributed by atoms with Crippen LogP contribution >= 0.6 is 0 Å². The van der Waals surface area contributed by atoms with Crippen molar-refractivity contribution in [2.75, 3.05) is 0 Å². The second-order valence-electron chi connectivity index (χ2n) is 48.9. The molecule has 0 unspecified atom stereocenters. The van der Waals surface area contributed by atoms with Crippen molar-refractivity contribution in [3.05, 3.63) is 242 Å². The molecule has 0 atom stereocenters. The lowest BCUT2D eigenvalue weighted by atomic mass is 9.82. The fraction of sp³-hybridized carbons (Fsp3) is 0.663. The lowest BCUT2D eigenvalue weighted by Crippen LogP contribution is -2.35. The van der Waals surface area contributed by atoms with Gasteiger partial charge >= 0.3 is 5.69 Å². The van der Waals surface area contributed by atoms with E-state index in [2.05, 4.69) is 338 Å². The molecule has 8 aromatic rings. The molecule has 8 aromatic heterocycles. The van der Waals surface area contributed by atoms with Crippen LogP contribution in [0.15, 0.2) is 124 Å². The Hall–Kier alpha value is -8.75. The third-order valence-electron chi connectivity index (χ3n) is 19.0. The number of rotatable bonds is 0. The van der Waals surface area contributed by atoms with E-state index in [1.165, 1.54) is 26.7 Å². The van der Waals surface area contributed by atoms with Gasteiger partial charge in [0.05, 0.1) is 29.0 Å². The maximum atomic E-state index is 12.1. The lowest BCUT2D eigenvalue weighted by Gasteiger charge is -2.25. The molecule has 0 spiro atoms. The van der Waals surface area contributed by atoms with E-state index in [4.69, 9.17) is 0 Å². The SMILES string of the molecule is CC(C)(C)c1ccc(=O)[nH]c1.CC(C)(C)c1cn(C(C)(C)C)c(=O)cn1.CC(C)(C)c1cnc(=O)[nH]c1.CC(C)C.CC(C)C.Cn1cc(C(C)(C)C)cc(C(C)(C)C)c1=O.Cn1cc(C(C)(C)C)cc(C(C)(C)C)c1=O.Cn1cc(C(C)(C)C)nc(C(C)(C)C)c1=O.Cn1nc(C(C)(C)C)cc(C(C)(C)C)c1=O.Cn1nc(C(C)(C)C)cc(C(C)(C)C)c1=O. The van der Waals surface area contributed by atoms with Crippen LogP contribution < -0.4 is 44.6 Å². The average Bonchev–Trinajstić information content (AvgIpc) is 0.805. The summed E-state index contributed by atoms with van der Waals surface area (Å²) in [6.45, 7) is 101. The van der Waals surface area contributed by atoms with Gasteiger partial charge in [0, 0.05) is 140 Å². The standard InChI is InChI=1S/2C14H23NO.3C13H22N2O.C12H20N2O.C9H13NO.C8H12N2O.2C4H10/c2*1-13(2,3)10-8-11(14(4,5)6)12(16)15(7)9-10;1-12(2,3)9-8-15(7)11(16)10(14-9)13(4,5)6;2*1-12(2,3)9-8-10(13(4,5)6)14-15(7)11(9)16;1-11(2,3)9-8-14(12(4,5)6)10(15)7-13-9;1-9(2,3)7-4-5-8(11)10-6-7;1-8(2,3)6-4-9-7(11)10-5-6;2*1-4(2)3/h2*8-9H,1-7H3;3*8H,1-7H3;7-8H,1-6H3;4-6H,1-3H3,(H,10,11);4-5H,1-3H3,(H,9,10,11);2*4H,1-3H3. The largest absolute Gasteiger partial charge is 0.344 e. The lowest BCUT2D eigenvalue weighted by molar-refractivity contribution is 0.375. The summed E-state index contributed by atoms with van der Waals surface area (Å²) in [5.41, 5.74) is 11.6. The Balaban J connectivity index is 0. The summed E-state index contributed by atoms with van der Waals surface area (Å²) < 4.78 is 9.65. The maximum absolute atomic E-state index is 12.1. The Morgan fingerprint density at radius 1 is 0.288 bits per heavy atom. The number of aromatic nitrogens is 13. The van der Waals surface area contributed by atoms with E-state index in [-0.39, 0.29) is 121 Å². The molecule has 125 heavy (non-hydrogen) atoms. The summed E-state index contributed by atoms with van der Waals surface area (Å²) in [7, 11) is 8.87. The van der Waals surface area contributed by atoms with E-state index in [1.54, 1.807) is 64.1 Å². The molecule has 0 amide bonds. The van der Waals surface area contributed by atoms with Gasteiger partial charge in [-0.3, -0.25) is 38.5 Å². The quantitative estimate of drug-likeness (QED) is 0.143. The molecule has 706 valence electrons. The van der Waals surface area contributed by atoms with Gasteiger partial charge in [-0.1, -0.05) is 318 Å². The number of hydrogen-bond donors (Lipinski definition) is 2. The first-order valence-electron chi connectivity index (χ1n) is 44.3. The van der Waals surface area contributed by atoms with Gasteiger partial charge in [-0.15, -0.1) is 0 Å². The first kappa shape index (κ1) is 118. The van der Waals surface area contributed by atoms with Crippen molar-refractivity contribution in [2.45, 2.75) is 408 Å². The number of pyridine rings is 3. The van der Waals surface area contributed by atoms with E-state index in [0.717, 1.165) is 68.0 Å². The van der Waals surface area contributed by atoms with E-state index >= 15 is 0 Å². The Morgan fingerprint density at radius 2 is 0.592 bits per heavy atom. The minimum absolute atomic E-state index is 0.000463. The van der Waals surface area contributed by atoms with Crippen LogP contribution in [0.5, 0.6) is 0 Å². The Morgan fingerprint density at radius 3 is 0.848 bits per heavy atom. The Kier molecular flexibility index (Phi) is 42.4. The summed E-state index contributed by atoms with van der Waals surface area (Å²) in [6, 6.07) is 11.4. The Bertz CT molecular complexity index is 4630. The summed E-state index contributed by atoms with van der Waals surface area (Å²) in [6.07, 6.45) is 14.1. The minimum Gasteiger partial charge on any atom is -0.329 e. The molecule has 2 N–H and O–H groups in total. The molecule has 0 aliphatic heterocycles. The highest BCUT2D eigenvalue weighted by atomic mass is 16.2. The zero-order valence-electron chi connectivity index (χ0n) is 88.9. The van der Waals surface area contributed by atoms with Gasteiger partial charge in [0.1, 0.15) is 5.69 Å². The molecule has 21 heteroatoms. The van der Waals surface area contributed by atoms with Gasteiger partial charge in [0.15, 0.2) is 0 Å². The molecule has 0 aliphatic rings. The predicted molar refractivity (Wildman–Crippen MR) is 531 cm³/mol. The van der Waals surface area contributed by atoms with E-state index in [0.29, 0.717) is 5.69 Å². The first-order valence-corrected chi connectivity index (χ1v) is 44.3. The van der Waals surface area contributed by atoms with E-state index < -0.39 is 0 Å². The number of nitrogens with one attached hydrogen (secondary N) is 2. The number of aryl methyl sites for hydroxylation is 5. The molecule has 0 aromatic carbocycles. The fourth-order valence-corrected chi connectivity index (χ4v) is 10.7. The molecule has 8 heterocycles. The van der Waals surface area contributed by atoms with Crippen molar-refractivity contribution in [1.29, 1.82) is 0 Å². The van der Waals surface area contributed by atoms with Crippen LogP contribution in [0.3, 0.4) is 0 Å². The van der Waals surface area contributed by atoms with Crippen molar-refractivity contribution in [2.24, 2.45) is 47.1 Å². The number of nitrogens with zero attached hydrogens (tertiary/aromatic N) is 11. The van der Waals surface area contributed by atoms with Gasteiger partial charge < -0.3 is 28.2 Å². The van der Waals surface area contributed by atoms with Crippen molar-refractivity contribution >= 4 is 0 Å². The number of H-pyrrole nitrogens is 2. The van der Waals surface area contributed by atoms with Gasteiger partial charge in [0.25, 0.3) is 33.4 Å². The summed E-state index contributed by atoms with van der Waals surface area (Å²) in [5, 5.41) is 8.64. The zero-order chi connectivity index (χ0) is 99.6. The van der Waals surface area contributed by atoms with Crippen LogP contribution in [0.1, 0.15) is 405 Å². The molecular weight excluding hydrogens is 1560 g/mol. The van der Waals surface area contributed by atoms with Crippen LogP contribution in [0.25, 0.3) is 0 Å². The van der Waals surface area contributed by atoms with Crippen LogP contribution in [0.2, 0.25) is 0 Å². The minimum atomic E-state index is -0.294. The highest BCUT2D eigenvalue weighted by Gasteiger charge is 2.30. The van der Waals surface area contributed by atoms with E-state index in [9.17, 15) is 38.4 Å². The highest BCUT2D eigenvalue weighted by molar-refractivity contribution is 5.32. The highest BCUT2D eigenvalue weighted by Crippen LogP contribution is 2.31. The normalized spacial score (nSPS) is 12.4. The van der Waals surface area contributed by atoms with Crippen molar-refractivity contribution < 1.29 is 0 Å². The van der Waals surface area contributed by atoms with Gasteiger partial charge in [0.2, 0.25) is 5.56 Å². The maximum Gasteiger partial charge on any atom is 0.344 e. The molecular formula is C104H177N13O8. The molecule has 0 bridgehead atoms. The van der Waals surface area contributed by atoms with Crippen molar-refractivity contribution in [3.8, 4) is 0 Å². The van der Waals surface area contributed by atoms with Crippen LogP contribution in [-0.4, -0.2) is 62.7 Å². The molecule has 0 aliphatic carbocycles. The predicted octanol–water partition coefficient (Wildman–Crippen LogP) is 21.4. The van der Waals surface area contributed by atoms with Gasteiger partial charge in [-0.25, -0.2) is 24.1 Å².